The van der Waals surface area contributed by atoms with Crippen LogP contribution in [0.2, 0.25) is 0 Å². The van der Waals surface area contributed by atoms with E-state index in [1.807, 2.05) is 26.8 Å². The van der Waals surface area contributed by atoms with Crippen LogP contribution >= 0.6 is 0 Å². The average molecular weight is 304 g/mol. The maximum Gasteiger partial charge on any atom is 0.407 e. The molecule has 0 radical (unpaired) electrons. The minimum atomic E-state index is -0.460. The number of fused-ring (bicyclic) bond motifs is 1. The molecule has 5 nitrogen and oxygen atoms in total. The van der Waals surface area contributed by atoms with Crippen molar-refractivity contribution in [2.24, 2.45) is 0 Å². The molecule has 2 N–H and O–H groups in total. The van der Waals surface area contributed by atoms with Crippen molar-refractivity contribution < 1.29 is 14.3 Å². The van der Waals surface area contributed by atoms with Crippen molar-refractivity contribution in [2.75, 3.05) is 6.61 Å². The maximum atomic E-state index is 11.8. The Kier molecular flexibility index (Phi) is 4.10. The van der Waals surface area contributed by atoms with Gasteiger partial charge in [-0.2, -0.15) is 0 Å². The third-order valence-electron chi connectivity index (χ3n) is 3.88. The highest BCUT2D eigenvalue weighted by molar-refractivity contribution is 5.68. The Morgan fingerprint density at radius 3 is 2.82 bits per heavy atom. The van der Waals surface area contributed by atoms with E-state index >= 15 is 0 Å². The predicted molar refractivity (Wildman–Crippen MR) is 83.5 cm³/mol. The van der Waals surface area contributed by atoms with Crippen LogP contribution in [0.4, 0.5) is 4.79 Å². The SMILES string of the molecule is CC(C)(C)OC(=O)NC1CC1NC1COCc2ccccc21. The predicted octanol–water partition coefficient (Wildman–Crippen LogP) is 2.51. The van der Waals surface area contributed by atoms with Gasteiger partial charge in [-0.25, -0.2) is 4.79 Å². The van der Waals surface area contributed by atoms with Crippen molar-refractivity contribution >= 4 is 6.09 Å². The quantitative estimate of drug-likeness (QED) is 0.901. The number of ether oxygens (including phenoxy) is 2. The number of hydrogen-bond acceptors (Lipinski definition) is 4. The van der Waals surface area contributed by atoms with Crippen LogP contribution in [-0.4, -0.2) is 30.4 Å². The summed E-state index contributed by atoms with van der Waals surface area (Å²) in [6.45, 7) is 6.95. The number of carbonyl (C=O) groups excluding carboxylic acids is 1. The first-order valence-electron chi connectivity index (χ1n) is 7.83. The van der Waals surface area contributed by atoms with Crippen LogP contribution in [0.25, 0.3) is 0 Å². The molecule has 3 atom stereocenters. The van der Waals surface area contributed by atoms with Crippen molar-refractivity contribution in [3.05, 3.63) is 35.4 Å². The summed E-state index contributed by atoms with van der Waals surface area (Å²) in [5, 5.41) is 6.48. The van der Waals surface area contributed by atoms with E-state index in [9.17, 15) is 4.79 Å². The summed E-state index contributed by atoms with van der Waals surface area (Å²) in [7, 11) is 0. The number of nitrogens with one attached hydrogen (secondary N) is 2. The van der Waals surface area contributed by atoms with Gasteiger partial charge in [0.05, 0.1) is 19.3 Å². The fourth-order valence-corrected chi connectivity index (χ4v) is 2.78. The molecular weight excluding hydrogens is 280 g/mol. The van der Waals surface area contributed by atoms with E-state index in [1.165, 1.54) is 11.1 Å². The van der Waals surface area contributed by atoms with Crippen molar-refractivity contribution in [2.45, 2.75) is 57.5 Å². The van der Waals surface area contributed by atoms with Crippen LogP contribution < -0.4 is 10.6 Å². The normalized spacial score (nSPS) is 27.0. The van der Waals surface area contributed by atoms with E-state index in [4.69, 9.17) is 9.47 Å². The molecule has 1 aliphatic carbocycles. The summed E-state index contributed by atoms with van der Waals surface area (Å²) in [6, 6.07) is 8.97. The zero-order valence-corrected chi connectivity index (χ0v) is 13.4. The van der Waals surface area contributed by atoms with Crippen molar-refractivity contribution in [1.82, 2.24) is 10.6 Å². The highest BCUT2D eigenvalue weighted by Crippen LogP contribution is 2.30. The molecule has 3 unspecified atom stereocenters. The fraction of sp³-hybridized carbons (Fsp3) is 0.588. The van der Waals surface area contributed by atoms with Gasteiger partial charge in [-0.1, -0.05) is 24.3 Å². The molecule has 0 bridgehead atoms. The van der Waals surface area contributed by atoms with Gasteiger partial charge in [0.1, 0.15) is 5.60 Å². The highest BCUT2D eigenvalue weighted by atomic mass is 16.6. The highest BCUT2D eigenvalue weighted by Gasteiger charge is 2.41. The molecule has 0 spiro atoms. The van der Waals surface area contributed by atoms with Gasteiger partial charge < -0.3 is 20.1 Å². The molecule has 0 aromatic heterocycles. The van der Waals surface area contributed by atoms with E-state index in [1.54, 1.807) is 0 Å². The van der Waals surface area contributed by atoms with Crippen molar-refractivity contribution in [3.8, 4) is 0 Å². The zero-order valence-electron chi connectivity index (χ0n) is 13.4. The second-order valence-electron chi connectivity index (χ2n) is 7.03. The number of benzene rings is 1. The second-order valence-corrected chi connectivity index (χ2v) is 7.03. The summed E-state index contributed by atoms with van der Waals surface area (Å²) in [5.74, 6) is 0. The summed E-state index contributed by atoms with van der Waals surface area (Å²) in [5.41, 5.74) is 2.08. The van der Waals surface area contributed by atoms with Gasteiger partial charge in [-0.05, 0) is 38.3 Å². The molecule has 1 amide bonds. The molecular formula is C17H24N2O3. The van der Waals surface area contributed by atoms with Crippen molar-refractivity contribution in [3.63, 3.8) is 0 Å². The Labute approximate surface area is 131 Å². The van der Waals surface area contributed by atoms with Gasteiger partial charge in [-0.15, -0.1) is 0 Å². The Morgan fingerprint density at radius 1 is 1.27 bits per heavy atom. The van der Waals surface area contributed by atoms with Gasteiger partial charge in [0.2, 0.25) is 0 Å². The lowest BCUT2D eigenvalue weighted by molar-refractivity contribution is 0.0520. The first-order valence-corrected chi connectivity index (χ1v) is 7.83. The van der Waals surface area contributed by atoms with Gasteiger partial charge in [0, 0.05) is 12.1 Å². The first-order chi connectivity index (χ1) is 10.4. The molecule has 0 saturated heterocycles. The number of alkyl carbamates (subject to hydrolysis) is 1. The molecule has 22 heavy (non-hydrogen) atoms. The van der Waals surface area contributed by atoms with E-state index in [2.05, 4.69) is 28.8 Å². The van der Waals surface area contributed by atoms with Crippen LogP contribution in [0.3, 0.4) is 0 Å². The Hall–Kier alpha value is -1.59. The minimum absolute atomic E-state index is 0.143. The molecule has 3 rings (SSSR count). The Balaban J connectivity index is 1.51. The molecule has 1 aromatic carbocycles. The van der Waals surface area contributed by atoms with Gasteiger partial charge in [-0.3, -0.25) is 0 Å². The number of carbonyl (C=O) groups is 1. The largest absolute Gasteiger partial charge is 0.444 e. The van der Waals surface area contributed by atoms with E-state index in [0.717, 1.165) is 6.42 Å². The van der Waals surface area contributed by atoms with E-state index in [-0.39, 0.29) is 24.2 Å². The molecule has 5 heteroatoms. The third-order valence-corrected chi connectivity index (χ3v) is 3.88. The molecule has 1 aliphatic heterocycles. The number of rotatable bonds is 3. The van der Waals surface area contributed by atoms with Crippen LogP contribution in [0.1, 0.15) is 44.4 Å². The van der Waals surface area contributed by atoms with Crippen LogP contribution in [0.5, 0.6) is 0 Å². The zero-order chi connectivity index (χ0) is 15.7. The number of amides is 1. The summed E-state index contributed by atoms with van der Waals surface area (Å²) < 4.78 is 10.9. The van der Waals surface area contributed by atoms with Crippen LogP contribution in [-0.2, 0) is 16.1 Å². The van der Waals surface area contributed by atoms with Crippen LogP contribution in [0, 0.1) is 0 Å². The minimum Gasteiger partial charge on any atom is -0.444 e. The summed E-state index contributed by atoms with van der Waals surface area (Å²) >= 11 is 0. The topological polar surface area (TPSA) is 59.6 Å². The number of hydrogen-bond donors (Lipinski definition) is 2. The maximum absolute atomic E-state index is 11.8. The van der Waals surface area contributed by atoms with E-state index in [0.29, 0.717) is 13.2 Å². The molecule has 1 heterocycles. The molecule has 1 aromatic rings. The lowest BCUT2D eigenvalue weighted by atomic mass is 9.99. The van der Waals surface area contributed by atoms with Gasteiger partial charge in [0.15, 0.2) is 0 Å². The summed E-state index contributed by atoms with van der Waals surface area (Å²) in [6.07, 6.45) is 0.583. The third kappa shape index (κ3) is 3.78. The Morgan fingerprint density at radius 2 is 2.05 bits per heavy atom. The molecule has 1 fully saturated rings. The Bertz CT molecular complexity index is 553. The first kappa shape index (κ1) is 15.3. The van der Waals surface area contributed by atoms with E-state index < -0.39 is 5.60 Å². The molecule has 1 saturated carbocycles. The lowest BCUT2D eigenvalue weighted by Gasteiger charge is -2.27. The molecule has 120 valence electrons. The van der Waals surface area contributed by atoms with Crippen LogP contribution in [0.15, 0.2) is 24.3 Å². The smallest absolute Gasteiger partial charge is 0.407 e. The lowest BCUT2D eigenvalue weighted by Crippen LogP contribution is -2.38. The monoisotopic (exact) mass is 304 g/mol. The molecule has 2 aliphatic rings. The van der Waals surface area contributed by atoms with Crippen molar-refractivity contribution in [1.29, 1.82) is 0 Å². The van der Waals surface area contributed by atoms with Gasteiger partial charge in [0.25, 0.3) is 0 Å². The average Bonchev–Trinajstić information content (AvgIpc) is 3.14. The fourth-order valence-electron chi connectivity index (χ4n) is 2.78. The van der Waals surface area contributed by atoms with Gasteiger partial charge >= 0.3 is 6.09 Å². The standard InChI is InChI=1S/C17H24N2O3/c1-17(2,3)22-16(20)19-14-8-13(14)18-15-10-21-9-11-6-4-5-7-12(11)15/h4-7,13-15,18H,8-10H2,1-3H3,(H,19,20). The summed E-state index contributed by atoms with van der Waals surface area (Å²) in [4.78, 5) is 11.8. The second kappa shape index (κ2) is 5.89.